The van der Waals surface area contributed by atoms with Gasteiger partial charge in [0.15, 0.2) is 5.12 Å². The third-order valence-electron chi connectivity index (χ3n) is 4.02. The van der Waals surface area contributed by atoms with Crippen LogP contribution in [0.2, 0.25) is 0 Å². The van der Waals surface area contributed by atoms with Gasteiger partial charge in [-0.05, 0) is 31.2 Å². The lowest BCUT2D eigenvalue weighted by Gasteiger charge is -2.27. The summed E-state index contributed by atoms with van der Waals surface area (Å²) < 4.78 is 4.69. The molecule has 0 unspecified atom stereocenters. The largest absolute Gasteiger partial charge is 0.467 e. The van der Waals surface area contributed by atoms with Gasteiger partial charge in [-0.2, -0.15) is 0 Å². The van der Waals surface area contributed by atoms with Crippen molar-refractivity contribution in [2.75, 3.05) is 7.11 Å². The Morgan fingerprint density at radius 2 is 1.73 bits per heavy atom. The standard InChI is InChI=1S/C20H29NO4S/c1-13(2)11-18(26-15(4)22)17(12-16-9-7-6-8-10-16)19(23)21-14(3)20(24)25-5/h6-10,13-14,17-18H,11-12H2,1-5H3,(H,21,23)/t14-,17-,18-/m0/s1. The maximum atomic E-state index is 12.9. The summed E-state index contributed by atoms with van der Waals surface area (Å²) in [5, 5.41) is 2.57. The molecule has 1 aromatic carbocycles. The highest BCUT2D eigenvalue weighted by molar-refractivity contribution is 8.14. The minimum absolute atomic E-state index is 0.0115. The van der Waals surface area contributed by atoms with E-state index in [0.717, 1.165) is 12.0 Å². The van der Waals surface area contributed by atoms with Crippen LogP contribution in [0, 0.1) is 11.8 Å². The van der Waals surface area contributed by atoms with Crippen molar-refractivity contribution >= 4 is 28.8 Å². The number of hydrogen-bond acceptors (Lipinski definition) is 5. The van der Waals surface area contributed by atoms with Crippen LogP contribution < -0.4 is 5.32 Å². The van der Waals surface area contributed by atoms with E-state index < -0.39 is 17.9 Å². The maximum Gasteiger partial charge on any atom is 0.328 e. The topological polar surface area (TPSA) is 72.5 Å². The molecular formula is C20H29NO4S. The SMILES string of the molecule is COC(=O)[C@H](C)NC(=O)[C@@H](Cc1ccccc1)[C@H](CC(C)C)SC(C)=O. The van der Waals surface area contributed by atoms with Gasteiger partial charge in [-0.15, -0.1) is 0 Å². The minimum Gasteiger partial charge on any atom is -0.467 e. The fourth-order valence-corrected chi connectivity index (χ4v) is 4.08. The van der Waals surface area contributed by atoms with Crippen molar-refractivity contribution in [3.05, 3.63) is 35.9 Å². The quantitative estimate of drug-likeness (QED) is 0.667. The molecule has 6 heteroatoms. The molecule has 0 radical (unpaired) electrons. The predicted molar refractivity (Wildman–Crippen MR) is 105 cm³/mol. The van der Waals surface area contributed by atoms with Gasteiger partial charge in [0, 0.05) is 12.2 Å². The molecule has 0 bridgehead atoms. The molecule has 1 aromatic rings. The molecule has 5 nitrogen and oxygen atoms in total. The molecule has 144 valence electrons. The van der Waals surface area contributed by atoms with Gasteiger partial charge < -0.3 is 10.1 Å². The number of carbonyl (C=O) groups is 3. The molecule has 0 aliphatic heterocycles. The average molecular weight is 380 g/mol. The summed E-state index contributed by atoms with van der Waals surface area (Å²) in [5.41, 5.74) is 1.02. The summed E-state index contributed by atoms with van der Waals surface area (Å²) in [5.74, 6) is -0.792. The van der Waals surface area contributed by atoms with Crippen molar-refractivity contribution in [3.8, 4) is 0 Å². The van der Waals surface area contributed by atoms with Crippen LogP contribution in [0.4, 0.5) is 0 Å². The van der Waals surface area contributed by atoms with Gasteiger partial charge in [-0.25, -0.2) is 4.79 Å². The van der Waals surface area contributed by atoms with Gasteiger partial charge in [-0.1, -0.05) is 55.9 Å². The minimum atomic E-state index is -0.729. The highest BCUT2D eigenvalue weighted by Crippen LogP contribution is 2.30. The summed E-state index contributed by atoms with van der Waals surface area (Å²) in [6, 6.07) is 8.98. The molecule has 0 saturated carbocycles. The van der Waals surface area contributed by atoms with Gasteiger partial charge in [0.1, 0.15) is 6.04 Å². The number of esters is 1. The first-order valence-electron chi connectivity index (χ1n) is 8.83. The molecule has 0 aliphatic rings. The Morgan fingerprint density at radius 3 is 2.23 bits per heavy atom. The van der Waals surface area contributed by atoms with E-state index in [9.17, 15) is 14.4 Å². The summed E-state index contributed by atoms with van der Waals surface area (Å²) >= 11 is 1.21. The summed E-state index contributed by atoms with van der Waals surface area (Å²) in [4.78, 5) is 36.3. The molecule has 1 amide bonds. The Kier molecular flexibility index (Phi) is 9.41. The number of rotatable bonds is 9. The second-order valence-electron chi connectivity index (χ2n) is 6.83. The van der Waals surface area contributed by atoms with E-state index >= 15 is 0 Å². The third-order valence-corrected chi connectivity index (χ3v) is 5.17. The third kappa shape index (κ3) is 7.60. The zero-order chi connectivity index (χ0) is 19.7. The van der Waals surface area contributed by atoms with Crippen molar-refractivity contribution < 1.29 is 19.1 Å². The van der Waals surface area contributed by atoms with E-state index in [-0.39, 0.29) is 16.3 Å². The maximum absolute atomic E-state index is 12.9. The molecule has 3 atom stereocenters. The molecule has 0 heterocycles. The Morgan fingerprint density at radius 1 is 1.12 bits per heavy atom. The molecule has 0 fully saturated rings. The lowest BCUT2D eigenvalue weighted by Crippen LogP contribution is -2.45. The van der Waals surface area contributed by atoms with Crippen LogP contribution in [0.5, 0.6) is 0 Å². The van der Waals surface area contributed by atoms with Crippen LogP contribution in [0.25, 0.3) is 0 Å². The first-order chi connectivity index (χ1) is 12.2. The van der Waals surface area contributed by atoms with E-state index in [4.69, 9.17) is 0 Å². The fraction of sp³-hybridized carbons (Fsp3) is 0.550. The Bertz CT molecular complexity index is 603. The van der Waals surface area contributed by atoms with Crippen molar-refractivity contribution in [1.82, 2.24) is 5.32 Å². The van der Waals surface area contributed by atoms with E-state index in [1.54, 1.807) is 6.92 Å². The number of ether oxygens (including phenoxy) is 1. The molecule has 1 N–H and O–H groups in total. The first kappa shape index (κ1) is 22.2. The number of hydrogen-bond donors (Lipinski definition) is 1. The van der Waals surface area contributed by atoms with Crippen molar-refractivity contribution in [1.29, 1.82) is 0 Å². The van der Waals surface area contributed by atoms with E-state index in [1.165, 1.54) is 25.8 Å². The molecule has 0 saturated heterocycles. The van der Waals surface area contributed by atoms with Crippen LogP contribution in [0.1, 0.15) is 39.7 Å². The Balaban J connectivity index is 3.06. The first-order valence-corrected chi connectivity index (χ1v) is 9.71. The molecule has 0 aliphatic carbocycles. The fourth-order valence-electron chi connectivity index (χ4n) is 2.79. The van der Waals surface area contributed by atoms with Crippen molar-refractivity contribution in [3.63, 3.8) is 0 Å². The van der Waals surface area contributed by atoms with Crippen LogP contribution in [0.15, 0.2) is 30.3 Å². The highest BCUT2D eigenvalue weighted by Gasteiger charge is 2.32. The average Bonchev–Trinajstić information content (AvgIpc) is 2.58. The van der Waals surface area contributed by atoms with E-state index in [1.807, 2.05) is 30.3 Å². The van der Waals surface area contributed by atoms with Crippen LogP contribution in [-0.2, 0) is 25.5 Å². The molecule has 26 heavy (non-hydrogen) atoms. The lowest BCUT2D eigenvalue weighted by molar-refractivity contribution is -0.145. The number of nitrogens with one attached hydrogen (secondary N) is 1. The summed E-state index contributed by atoms with van der Waals surface area (Å²) in [6.45, 7) is 7.26. The summed E-state index contributed by atoms with van der Waals surface area (Å²) in [7, 11) is 1.29. The van der Waals surface area contributed by atoms with Gasteiger partial charge in [0.2, 0.25) is 5.91 Å². The number of thioether (sulfide) groups is 1. The number of amides is 1. The number of benzene rings is 1. The Hall–Kier alpha value is -1.82. The Labute approximate surface area is 160 Å². The van der Waals surface area contributed by atoms with Crippen LogP contribution >= 0.6 is 11.8 Å². The van der Waals surface area contributed by atoms with Gasteiger partial charge in [0.25, 0.3) is 0 Å². The van der Waals surface area contributed by atoms with Gasteiger partial charge in [0.05, 0.1) is 13.0 Å². The molecule has 0 spiro atoms. The number of methoxy groups -OCH3 is 1. The molecular weight excluding hydrogens is 350 g/mol. The lowest BCUT2D eigenvalue weighted by atomic mass is 9.90. The van der Waals surface area contributed by atoms with Crippen molar-refractivity contribution in [2.24, 2.45) is 11.8 Å². The zero-order valence-electron chi connectivity index (χ0n) is 16.2. The normalized spacial score (nSPS) is 14.4. The predicted octanol–water partition coefficient (Wildman–Crippen LogP) is 3.22. The zero-order valence-corrected chi connectivity index (χ0v) is 17.0. The van der Waals surface area contributed by atoms with Gasteiger partial charge >= 0.3 is 5.97 Å². The van der Waals surface area contributed by atoms with Crippen molar-refractivity contribution in [2.45, 2.75) is 51.8 Å². The second-order valence-corrected chi connectivity index (χ2v) is 8.24. The van der Waals surface area contributed by atoms with E-state index in [2.05, 4.69) is 23.9 Å². The van der Waals surface area contributed by atoms with Crippen LogP contribution in [-0.4, -0.2) is 35.4 Å². The van der Waals surface area contributed by atoms with Gasteiger partial charge in [-0.3, -0.25) is 9.59 Å². The summed E-state index contributed by atoms with van der Waals surface area (Å²) in [6.07, 6.45) is 1.25. The van der Waals surface area contributed by atoms with Crippen LogP contribution in [0.3, 0.4) is 0 Å². The molecule has 1 rings (SSSR count). The van der Waals surface area contributed by atoms with E-state index in [0.29, 0.717) is 12.3 Å². The highest BCUT2D eigenvalue weighted by atomic mass is 32.2. The smallest absolute Gasteiger partial charge is 0.328 e. The second kappa shape index (κ2) is 11.0. The monoisotopic (exact) mass is 379 g/mol. The number of carbonyl (C=O) groups excluding carboxylic acids is 3. The molecule has 0 aromatic heterocycles.